The van der Waals surface area contributed by atoms with Gasteiger partial charge in [-0.25, -0.2) is 0 Å². The maximum Gasteiger partial charge on any atom is 0.0726 e. The molecule has 0 saturated heterocycles. The molecule has 0 aliphatic carbocycles. The minimum atomic E-state index is -0.602. The van der Waals surface area contributed by atoms with Gasteiger partial charge in [0.05, 0.1) is 11.3 Å². The molecule has 1 N–H and O–H groups in total. The van der Waals surface area contributed by atoms with Crippen molar-refractivity contribution in [3.63, 3.8) is 0 Å². The van der Waals surface area contributed by atoms with Crippen molar-refractivity contribution in [3.8, 4) is 0 Å². The zero-order chi connectivity index (χ0) is 16.0. The lowest BCUT2D eigenvalue weighted by atomic mass is 9.98. The Morgan fingerprint density at radius 3 is 2.32 bits per heavy atom. The van der Waals surface area contributed by atoms with Crippen LogP contribution in [-0.2, 0) is 19.5 Å². The average Bonchev–Trinajstić information content (AvgIpc) is 2.47. The second-order valence-electron chi connectivity index (χ2n) is 6.50. The summed E-state index contributed by atoms with van der Waals surface area (Å²) < 4.78 is 0. The van der Waals surface area contributed by atoms with Gasteiger partial charge in [0.25, 0.3) is 0 Å². The van der Waals surface area contributed by atoms with Crippen molar-refractivity contribution in [1.29, 1.82) is 0 Å². The summed E-state index contributed by atoms with van der Waals surface area (Å²) in [5.74, 6) is 0. The fourth-order valence-corrected chi connectivity index (χ4v) is 2.32. The monoisotopic (exact) mass is 299 g/mol. The molecule has 0 unspecified atom stereocenters. The third-order valence-electron chi connectivity index (χ3n) is 3.55. The number of hydrogen-bond donors (Lipinski definition) is 1. The van der Waals surface area contributed by atoms with E-state index in [2.05, 4.69) is 46.2 Å². The first-order valence-electron chi connectivity index (χ1n) is 7.66. The fraction of sp³-hybridized carbons (Fsp3) is 0.444. The Labute approximate surface area is 132 Å². The van der Waals surface area contributed by atoms with Crippen LogP contribution < -0.4 is 0 Å². The smallest absolute Gasteiger partial charge is 0.0726 e. The lowest BCUT2D eigenvalue weighted by molar-refractivity contribution is 0.0714. The standard InChI is InChI=1S/C18H25N3O/c1-18(2,22)9-8-15-4-6-16(7-5-15)13-21(3)14-17-12-19-10-11-20-17/h4-7,10-12,22H,8-9,13-14H2,1-3H3. The molecule has 0 amide bonds. The topological polar surface area (TPSA) is 49.2 Å². The average molecular weight is 299 g/mol. The summed E-state index contributed by atoms with van der Waals surface area (Å²) >= 11 is 0. The first-order valence-corrected chi connectivity index (χ1v) is 7.66. The van der Waals surface area contributed by atoms with Gasteiger partial charge in [0.2, 0.25) is 0 Å². The molecule has 1 aromatic carbocycles. The van der Waals surface area contributed by atoms with Gasteiger partial charge in [0.1, 0.15) is 0 Å². The molecule has 0 saturated carbocycles. The normalized spacial score (nSPS) is 11.9. The summed E-state index contributed by atoms with van der Waals surface area (Å²) in [4.78, 5) is 10.6. The van der Waals surface area contributed by atoms with E-state index in [1.54, 1.807) is 18.6 Å². The van der Waals surface area contributed by atoms with Crippen LogP contribution in [0.1, 0.15) is 37.1 Å². The van der Waals surface area contributed by atoms with Crippen molar-refractivity contribution in [1.82, 2.24) is 14.9 Å². The van der Waals surface area contributed by atoms with E-state index in [0.717, 1.165) is 31.6 Å². The number of benzene rings is 1. The highest BCUT2D eigenvalue weighted by Gasteiger charge is 2.12. The second-order valence-corrected chi connectivity index (χ2v) is 6.50. The summed E-state index contributed by atoms with van der Waals surface area (Å²) in [6, 6.07) is 8.62. The zero-order valence-electron chi connectivity index (χ0n) is 13.7. The van der Waals surface area contributed by atoms with Crippen molar-refractivity contribution in [2.45, 2.75) is 45.4 Å². The predicted octanol–water partition coefficient (Wildman–Crippen LogP) is 2.81. The second kappa shape index (κ2) is 7.47. The molecule has 2 rings (SSSR count). The van der Waals surface area contributed by atoms with Gasteiger partial charge in [-0.15, -0.1) is 0 Å². The maximum absolute atomic E-state index is 9.77. The Morgan fingerprint density at radius 2 is 1.73 bits per heavy atom. The third kappa shape index (κ3) is 5.92. The van der Waals surface area contributed by atoms with Gasteiger partial charge in [0.15, 0.2) is 0 Å². The van der Waals surface area contributed by atoms with Crippen LogP contribution in [0.3, 0.4) is 0 Å². The molecular weight excluding hydrogens is 274 g/mol. The van der Waals surface area contributed by atoms with Gasteiger partial charge in [-0.05, 0) is 44.9 Å². The highest BCUT2D eigenvalue weighted by atomic mass is 16.3. The summed E-state index contributed by atoms with van der Waals surface area (Å²) in [5, 5.41) is 9.77. The SMILES string of the molecule is CN(Cc1ccc(CCC(C)(C)O)cc1)Cc1cnccn1. The zero-order valence-corrected chi connectivity index (χ0v) is 13.7. The van der Waals surface area contributed by atoms with Crippen molar-refractivity contribution in [2.75, 3.05) is 7.05 Å². The van der Waals surface area contributed by atoms with Gasteiger partial charge in [-0.2, -0.15) is 0 Å². The molecular formula is C18H25N3O. The quantitative estimate of drug-likeness (QED) is 0.854. The Balaban J connectivity index is 1.85. The van der Waals surface area contributed by atoms with Crippen LogP contribution in [0.4, 0.5) is 0 Å². The lowest BCUT2D eigenvalue weighted by Crippen LogP contribution is -2.19. The third-order valence-corrected chi connectivity index (χ3v) is 3.55. The fourth-order valence-electron chi connectivity index (χ4n) is 2.32. The summed E-state index contributed by atoms with van der Waals surface area (Å²) in [6.45, 7) is 5.36. The van der Waals surface area contributed by atoms with Crippen LogP contribution in [0.2, 0.25) is 0 Å². The van der Waals surface area contributed by atoms with Crippen molar-refractivity contribution < 1.29 is 5.11 Å². The van der Waals surface area contributed by atoms with E-state index in [9.17, 15) is 5.11 Å². The summed E-state index contributed by atoms with van der Waals surface area (Å²) in [5.41, 5.74) is 2.92. The van der Waals surface area contributed by atoms with Gasteiger partial charge in [-0.1, -0.05) is 24.3 Å². The summed E-state index contributed by atoms with van der Waals surface area (Å²) in [6.07, 6.45) is 6.89. The first-order chi connectivity index (χ1) is 10.4. The van der Waals surface area contributed by atoms with Crippen LogP contribution in [-0.4, -0.2) is 32.6 Å². The van der Waals surface area contributed by atoms with E-state index < -0.39 is 5.60 Å². The Kier molecular flexibility index (Phi) is 5.63. The molecule has 0 aliphatic rings. The minimum absolute atomic E-state index is 0.602. The van der Waals surface area contributed by atoms with E-state index >= 15 is 0 Å². The lowest BCUT2D eigenvalue weighted by Gasteiger charge is -2.18. The van der Waals surface area contributed by atoms with Crippen LogP contribution in [0.15, 0.2) is 42.9 Å². The Bertz CT molecular complexity index is 561. The number of aromatic nitrogens is 2. The van der Waals surface area contributed by atoms with Gasteiger partial charge in [0, 0.05) is 31.7 Å². The van der Waals surface area contributed by atoms with Crippen LogP contribution in [0, 0.1) is 0 Å². The molecule has 0 fully saturated rings. The van der Waals surface area contributed by atoms with Crippen molar-refractivity contribution in [3.05, 3.63) is 59.7 Å². The molecule has 4 nitrogen and oxygen atoms in total. The number of nitrogens with zero attached hydrogens (tertiary/aromatic N) is 3. The van der Waals surface area contributed by atoms with E-state index in [1.807, 2.05) is 13.8 Å². The van der Waals surface area contributed by atoms with Gasteiger partial charge < -0.3 is 5.11 Å². The minimum Gasteiger partial charge on any atom is -0.390 e. The Morgan fingerprint density at radius 1 is 1.05 bits per heavy atom. The molecule has 2 aromatic rings. The van der Waals surface area contributed by atoms with Gasteiger partial charge >= 0.3 is 0 Å². The Hall–Kier alpha value is -1.78. The van der Waals surface area contributed by atoms with Crippen LogP contribution in [0.5, 0.6) is 0 Å². The van der Waals surface area contributed by atoms with Gasteiger partial charge in [-0.3, -0.25) is 14.9 Å². The summed E-state index contributed by atoms with van der Waals surface area (Å²) in [7, 11) is 2.08. The number of aliphatic hydroxyl groups is 1. The maximum atomic E-state index is 9.77. The number of rotatable bonds is 7. The molecule has 118 valence electrons. The highest BCUT2D eigenvalue weighted by molar-refractivity contribution is 5.22. The molecule has 0 spiro atoms. The van der Waals surface area contributed by atoms with E-state index in [1.165, 1.54) is 11.1 Å². The van der Waals surface area contributed by atoms with Crippen molar-refractivity contribution in [2.24, 2.45) is 0 Å². The first kappa shape index (κ1) is 16.6. The van der Waals surface area contributed by atoms with E-state index in [-0.39, 0.29) is 0 Å². The molecule has 22 heavy (non-hydrogen) atoms. The number of aryl methyl sites for hydroxylation is 1. The van der Waals surface area contributed by atoms with Crippen LogP contribution in [0.25, 0.3) is 0 Å². The molecule has 1 aromatic heterocycles. The molecule has 0 aliphatic heterocycles. The van der Waals surface area contributed by atoms with E-state index in [4.69, 9.17) is 0 Å². The molecule has 1 heterocycles. The molecule has 4 heteroatoms. The highest BCUT2D eigenvalue weighted by Crippen LogP contribution is 2.14. The predicted molar refractivity (Wildman–Crippen MR) is 88.3 cm³/mol. The molecule has 0 radical (unpaired) electrons. The van der Waals surface area contributed by atoms with Crippen molar-refractivity contribution >= 4 is 0 Å². The number of hydrogen-bond acceptors (Lipinski definition) is 4. The molecule has 0 atom stereocenters. The molecule has 0 bridgehead atoms. The largest absolute Gasteiger partial charge is 0.390 e. The van der Waals surface area contributed by atoms with E-state index in [0.29, 0.717) is 0 Å². The van der Waals surface area contributed by atoms with Crippen LogP contribution >= 0.6 is 0 Å².